The third kappa shape index (κ3) is 5.47. The molecule has 1 aromatic rings. The van der Waals surface area contributed by atoms with Crippen LogP contribution in [0.15, 0.2) is 35.3 Å². The molecule has 1 fully saturated rings. The van der Waals surface area contributed by atoms with Crippen LogP contribution in [0.1, 0.15) is 38.2 Å². The Kier molecular flexibility index (Phi) is 6.26. The Morgan fingerprint density at radius 2 is 2.17 bits per heavy atom. The van der Waals surface area contributed by atoms with Crippen LogP contribution in [0.5, 0.6) is 0 Å². The van der Waals surface area contributed by atoms with Gasteiger partial charge in [0, 0.05) is 24.9 Å². The number of pyridine rings is 1. The number of nitrogens with two attached hydrogens (primary N) is 1. The van der Waals surface area contributed by atoms with Gasteiger partial charge in [-0.1, -0.05) is 13.0 Å². The van der Waals surface area contributed by atoms with Crippen LogP contribution in [0.25, 0.3) is 0 Å². The number of carbonyl (C=O) groups excluding carboxylic acids is 1. The summed E-state index contributed by atoms with van der Waals surface area (Å²) in [5.41, 5.74) is 5.89. The van der Waals surface area contributed by atoms with Crippen molar-refractivity contribution in [2.45, 2.75) is 39.2 Å². The number of halogens is 1. The molecule has 5 nitrogen and oxygen atoms in total. The summed E-state index contributed by atoms with van der Waals surface area (Å²) in [6, 6.07) is 3.48. The minimum atomic E-state index is -0.620. The number of hydrogen-bond acceptors (Lipinski definition) is 4. The summed E-state index contributed by atoms with van der Waals surface area (Å²) < 4.78 is 12.8. The van der Waals surface area contributed by atoms with Gasteiger partial charge in [-0.05, 0) is 43.2 Å². The van der Waals surface area contributed by atoms with Crippen LogP contribution in [-0.4, -0.2) is 17.1 Å². The molecule has 1 saturated carbocycles. The molecule has 1 aromatic heterocycles. The first-order valence-corrected chi connectivity index (χ1v) is 7.92. The predicted octanol–water partition coefficient (Wildman–Crippen LogP) is 3.00. The average Bonchev–Trinajstić information content (AvgIpc) is 2.59. The molecule has 3 N–H and O–H groups in total. The molecule has 0 unspecified atom stereocenters. The zero-order valence-electron chi connectivity index (χ0n) is 13.3. The molecule has 2 rings (SSSR count). The SMILES string of the molecule is CC1CCC(C(=O)NCc2ccc(N=CC(F)=CN)nc2)CC1. The van der Waals surface area contributed by atoms with Crippen LogP contribution in [-0.2, 0) is 11.3 Å². The fourth-order valence-corrected chi connectivity index (χ4v) is 2.62. The molecule has 1 aliphatic rings. The van der Waals surface area contributed by atoms with E-state index in [0.29, 0.717) is 12.4 Å². The van der Waals surface area contributed by atoms with Gasteiger partial charge >= 0.3 is 0 Å². The molecular formula is C17H23FN4O. The van der Waals surface area contributed by atoms with Crippen molar-refractivity contribution in [1.29, 1.82) is 0 Å². The van der Waals surface area contributed by atoms with E-state index in [1.165, 1.54) is 0 Å². The van der Waals surface area contributed by atoms with Gasteiger partial charge in [-0.2, -0.15) is 0 Å². The van der Waals surface area contributed by atoms with Gasteiger partial charge in [-0.15, -0.1) is 0 Å². The maximum Gasteiger partial charge on any atom is 0.223 e. The molecule has 0 aliphatic heterocycles. The lowest BCUT2D eigenvalue weighted by molar-refractivity contribution is -0.126. The number of nitrogens with one attached hydrogen (secondary N) is 1. The monoisotopic (exact) mass is 318 g/mol. The maximum absolute atomic E-state index is 12.8. The van der Waals surface area contributed by atoms with Gasteiger partial charge < -0.3 is 11.1 Å². The summed E-state index contributed by atoms with van der Waals surface area (Å²) >= 11 is 0. The fraction of sp³-hybridized carbons (Fsp3) is 0.471. The van der Waals surface area contributed by atoms with Gasteiger partial charge in [-0.25, -0.2) is 14.4 Å². The van der Waals surface area contributed by atoms with Crippen molar-refractivity contribution in [3.8, 4) is 0 Å². The fourth-order valence-electron chi connectivity index (χ4n) is 2.62. The molecule has 1 heterocycles. The Balaban J connectivity index is 1.82. The molecule has 1 aliphatic carbocycles. The van der Waals surface area contributed by atoms with Gasteiger partial charge in [0.25, 0.3) is 0 Å². The predicted molar refractivity (Wildman–Crippen MR) is 88.7 cm³/mol. The van der Waals surface area contributed by atoms with Crippen molar-refractivity contribution in [3.63, 3.8) is 0 Å². The Labute approximate surface area is 135 Å². The van der Waals surface area contributed by atoms with Crippen molar-refractivity contribution in [2.75, 3.05) is 0 Å². The zero-order chi connectivity index (χ0) is 16.7. The molecule has 23 heavy (non-hydrogen) atoms. The van der Waals surface area contributed by atoms with Crippen molar-refractivity contribution in [2.24, 2.45) is 22.6 Å². The summed E-state index contributed by atoms with van der Waals surface area (Å²) in [4.78, 5) is 20.1. The van der Waals surface area contributed by atoms with Gasteiger partial charge in [0.15, 0.2) is 11.6 Å². The summed E-state index contributed by atoms with van der Waals surface area (Å²) in [5, 5.41) is 2.96. The highest BCUT2D eigenvalue weighted by molar-refractivity contribution is 5.78. The summed E-state index contributed by atoms with van der Waals surface area (Å²) in [7, 11) is 0. The number of amides is 1. The van der Waals surface area contributed by atoms with E-state index >= 15 is 0 Å². The van der Waals surface area contributed by atoms with E-state index in [2.05, 4.69) is 22.2 Å². The van der Waals surface area contributed by atoms with E-state index in [1.54, 1.807) is 12.3 Å². The molecule has 0 aromatic carbocycles. The Morgan fingerprint density at radius 3 is 2.78 bits per heavy atom. The number of allylic oxidation sites excluding steroid dienone is 1. The van der Waals surface area contributed by atoms with Crippen LogP contribution < -0.4 is 11.1 Å². The number of hydrogen-bond donors (Lipinski definition) is 2. The highest BCUT2D eigenvalue weighted by Gasteiger charge is 2.23. The number of aromatic nitrogens is 1. The largest absolute Gasteiger partial charge is 0.402 e. The molecule has 0 spiro atoms. The number of carbonyl (C=O) groups is 1. The van der Waals surface area contributed by atoms with Crippen LogP contribution in [0, 0.1) is 11.8 Å². The zero-order valence-corrected chi connectivity index (χ0v) is 13.3. The first-order chi connectivity index (χ1) is 11.1. The molecule has 0 atom stereocenters. The topological polar surface area (TPSA) is 80.4 Å². The quantitative estimate of drug-likeness (QED) is 0.819. The van der Waals surface area contributed by atoms with Crippen molar-refractivity contribution in [3.05, 3.63) is 35.9 Å². The highest BCUT2D eigenvalue weighted by atomic mass is 19.1. The standard InChI is InChI=1S/C17H23FN4O/c1-12-2-5-14(6-3-12)17(23)22-10-13-4-7-16(20-9-13)21-11-15(18)8-19/h4,7-9,11-12,14H,2-3,5-6,10,19H2,1H3,(H,22,23). The van der Waals surface area contributed by atoms with E-state index in [9.17, 15) is 9.18 Å². The summed E-state index contributed by atoms with van der Waals surface area (Å²) in [6.07, 6.45) is 7.66. The van der Waals surface area contributed by atoms with Crippen molar-refractivity contribution < 1.29 is 9.18 Å². The highest BCUT2D eigenvalue weighted by Crippen LogP contribution is 2.28. The van der Waals surface area contributed by atoms with E-state index in [4.69, 9.17) is 5.73 Å². The van der Waals surface area contributed by atoms with Crippen molar-refractivity contribution in [1.82, 2.24) is 10.3 Å². The van der Waals surface area contributed by atoms with Crippen molar-refractivity contribution >= 4 is 17.9 Å². The smallest absolute Gasteiger partial charge is 0.223 e. The molecule has 6 heteroatoms. The number of rotatable bonds is 5. The Bertz CT molecular complexity index is 575. The van der Waals surface area contributed by atoms with Crippen LogP contribution in [0.3, 0.4) is 0 Å². The second-order valence-corrected chi connectivity index (χ2v) is 6.01. The van der Waals surface area contributed by atoms with Gasteiger partial charge in [0.2, 0.25) is 5.91 Å². The third-order valence-electron chi connectivity index (χ3n) is 4.14. The van der Waals surface area contributed by atoms with Gasteiger partial charge in [-0.3, -0.25) is 4.79 Å². The lowest BCUT2D eigenvalue weighted by Crippen LogP contribution is -2.32. The molecule has 0 saturated heterocycles. The molecule has 1 amide bonds. The second kappa shape index (κ2) is 8.41. The summed E-state index contributed by atoms with van der Waals surface area (Å²) in [5.74, 6) is 0.752. The lowest BCUT2D eigenvalue weighted by Gasteiger charge is -2.25. The summed E-state index contributed by atoms with van der Waals surface area (Å²) in [6.45, 7) is 2.68. The Morgan fingerprint density at radius 1 is 1.43 bits per heavy atom. The average molecular weight is 318 g/mol. The molecule has 124 valence electrons. The maximum atomic E-state index is 12.8. The second-order valence-electron chi connectivity index (χ2n) is 6.01. The van der Waals surface area contributed by atoms with E-state index < -0.39 is 5.83 Å². The lowest BCUT2D eigenvalue weighted by atomic mass is 9.82. The number of aliphatic imine (C=N–C) groups is 1. The Hall–Kier alpha value is -2.24. The normalized spacial score (nSPS) is 22.3. The van der Waals surface area contributed by atoms with E-state index in [0.717, 1.165) is 49.6 Å². The minimum Gasteiger partial charge on any atom is -0.402 e. The molecule has 0 bridgehead atoms. The third-order valence-corrected chi connectivity index (χ3v) is 4.14. The van der Waals surface area contributed by atoms with Crippen LogP contribution >= 0.6 is 0 Å². The van der Waals surface area contributed by atoms with Gasteiger partial charge in [0.05, 0.1) is 6.21 Å². The minimum absolute atomic E-state index is 0.120. The van der Waals surface area contributed by atoms with E-state index in [1.807, 2.05) is 6.07 Å². The van der Waals surface area contributed by atoms with Crippen LogP contribution in [0.2, 0.25) is 0 Å². The number of nitrogens with zero attached hydrogens (tertiary/aromatic N) is 2. The van der Waals surface area contributed by atoms with Crippen LogP contribution in [0.4, 0.5) is 10.2 Å². The first-order valence-electron chi connectivity index (χ1n) is 7.92. The first kappa shape index (κ1) is 17.1. The van der Waals surface area contributed by atoms with E-state index in [-0.39, 0.29) is 11.8 Å². The molecule has 0 radical (unpaired) electrons. The molecular weight excluding hydrogens is 295 g/mol. The van der Waals surface area contributed by atoms with Gasteiger partial charge in [0.1, 0.15) is 0 Å².